The first-order valence-corrected chi connectivity index (χ1v) is 3.67. The Bertz CT molecular complexity index is 300. The third-order valence-corrected chi connectivity index (χ3v) is 1.46. The molecule has 13 heavy (non-hydrogen) atoms. The molecule has 1 unspecified atom stereocenters. The van der Waals surface area contributed by atoms with Gasteiger partial charge in [0.2, 0.25) is 0 Å². The van der Waals surface area contributed by atoms with E-state index < -0.39 is 18.0 Å². The Morgan fingerprint density at radius 2 is 2.38 bits per heavy atom. The zero-order valence-electron chi connectivity index (χ0n) is 7.03. The van der Waals surface area contributed by atoms with Crippen molar-refractivity contribution < 1.29 is 13.9 Å². The summed E-state index contributed by atoms with van der Waals surface area (Å²) in [7, 11) is 0. The highest BCUT2D eigenvalue weighted by Gasteiger charge is 2.09. The van der Waals surface area contributed by atoms with E-state index in [0.717, 1.165) is 6.20 Å². The minimum Gasteiger partial charge on any atom is -0.440 e. The Hall–Kier alpha value is -1.65. The van der Waals surface area contributed by atoms with E-state index >= 15 is 0 Å². The number of aromatic nitrogens is 1. The molecule has 4 nitrogen and oxygen atoms in total. The molecule has 0 aliphatic carbocycles. The van der Waals surface area contributed by atoms with Crippen LogP contribution < -0.4 is 5.73 Å². The van der Waals surface area contributed by atoms with Gasteiger partial charge in [-0.15, -0.1) is 0 Å². The number of nitrogens with two attached hydrogens (primary N) is 1. The molecule has 1 atom stereocenters. The molecule has 1 aromatic rings. The maximum Gasteiger partial charge on any atom is 0.405 e. The summed E-state index contributed by atoms with van der Waals surface area (Å²) < 4.78 is 17.0. The van der Waals surface area contributed by atoms with Gasteiger partial charge in [-0.05, 0) is 19.1 Å². The topological polar surface area (TPSA) is 65.2 Å². The van der Waals surface area contributed by atoms with Gasteiger partial charge in [-0.1, -0.05) is 0 Å². The lowest BCUT2D eigenvalue weighted by molar-refractivity contribution is 0.114. The predicted molar refractivity (Wildman–Crippen MR) is 43.3 cm³/mol. The highest BCUT2D eigenvalue weighted by molar-refractivity contribution is 5.64. The van der Waals surface area contributed by atoms with Gasteiger partial charge in [0.25, 0.3) is 0 Å². The van der Waals surface area contributed by atoms with Crippen LogP contribution in [0, 0.1) is 5.82 Å². The van der Waals surface area contributed by atoms with Crippen molar-refractivity contribution in [2.75, 3.05) is 0 Å². The van der Waals surface area contributed by atoms with Crippen molar-refractivity contribution in [1.82, 2.24) is 4.98 Å². The molecule has 0 bridgehead atoms. The molecule has 1 rings (SSSR count). The molecule has 0 fully saturated rings. The second-order valence-electron chi connectivity index (χ2n) is 2.48. The number of halogens is 1. The summed E-state index contributed by atoms with van der Waals surface area (Å²) in [5.74, 6) is -0.435. The van der Waals surface area contributed by atoms with E-state index in [4.69, 9.17) is 5.73 Å². The first-order valence-electron chi connectivity index (χ1n) is 3.67. The number of amides is 1. The maximum atomic E-state index is 12.4. The molecule has 0 aromatic carbocycles. The third kappa shape index (κ3) is 2.70. The largest absolute Gasteiger partial charge is 0.440 e. The van der Waals surface area contributed by atoms with Crippen molar-refractivity contribution >= 4 is 6.09 Å². The summed E-state index contributed by atoms with van der Waals surface area (Å²) in [4.78, 5) is 14.1. The number of carbonyl (C=O) groups is 1. The molecule has 1 heterocycles. The van der Waals surface area contributed by atoms with Crippen LogP contribution in [-0.4, -0.2) is 11.1 Å². The lowest BCUT2D eigenvalue weighted by Gasteiger charge is -2.09. The van der Waals surface area contributed by atoms with Gasteiger partial charge in [0.05, 0.1) is 11.9 Å². The summed E-state index contributed by atoms with van der Waals surface area (Å²) in [5, 5.41) is 0. The van der Waals surface area contributed by atoms with E-state index in [0.29, 0.717) is 5.69 Å². The Morgan fingerprint density at radius 1 is 1.69 bits per heavy atom. The van der Waals surface area contributed by atoms with Crippen LogP contribution in [0.1, 0.15) is 18.7 Å². The van der Waals surface area contributed by atoms with Crippen molar-refractivity contribution in [3.8, 4) is 0 Å². The second kappa shape index (κ2) is 3.84. The van der Waals surface area contributed by atoms with Gasteiger partial charge in [-0.3, -0.25) is 4.98 Å². The molecule has 0 saturated carbocycles. The molecule has 5 heteroatoms. The van der Waals surface area contributed by atoms with E-state index in [-0.39, 0.29) is 0 Å². The molecule has 1 amide bonds. The first kappa shape index (κ1) is 9.44. The summed E-state index contributed by atoms with van der Waals surface area (Å²) in [6, 6.07) is 2.67. The van der Waals surface area contributed by atoms with Crippen molar-refractivity contribution in [3.63, 3.8) is 0 Å². The standard InChI is InChI=1S/C8H9FN2O2/c1-5(13-8(10)12)7-3-2-6(9)4-11-7/h2-5H,1H3,(H2,10,12). The Balaban J connectivity index is 2.71. The van der Waals surface area contributed by atoms with Gasteiger partial charge < -0.3 is 10.5 Å². The molecule has 0 spiro atoms. The molecular formula is C8H9FN2O2. The first-order chi connectivity index (χ1) is 6.09. The molecule has 0 radical (unpaired) electrons. The Kier molecular flexibility index (Phi) is 2.79. The van der Waals surface area contributed by atoms with Crippen LogP contribution in [0.4, 0.5) is 9.18 Å². The van der Waals surface area contributed by atoms with Crippen molar-refractivity contribution in [2.24, 2.45) is 5.73 Å². The molecular weight excluding hydrogens is 175 g/mol. The number of nitrogens with zero attached hydrogens (tertiary/aromatic N) is 1. The highest BCUT2D eigenvalue weighted by Crippen LogP contribution is 2.13. The van der Waals surface area contributed by atoms with Gasteiger partial charge >= 0.3 is 6.09 Å². The average molecular weight is 184 g/mol. The molecule has 1 aromatic heterocycles. The van der Waals surface area contributed by atoms with Crippen LogP contribution >= 0.6 is 0 Å². The van der Waals surface area contributed by atoms with Gasteiger partial charge in [-0.25, -0.2) is 9.18 Å². The van der Waals surface area contributed by atoms with Crippen LogP contribution in [0.3, 0.4) is 0 Å². The van der Waals surface area contributed by atoms with Crippen molar-refractivity contribution in [1.29, 1.82) is 0 Å². The monoisotopic (exact) mass is 184 g/mol. The van der Waals surface area contributed by atoms with Crippen molar-refractivity contribution in [3.05, 3.63) is 29.8 Å². The molecule has 2 N–H and O–H groups in total. The summed E-state index contributed by atoms with van der Waals surface area (Å²) in [6.45, 7) is 1.60. The highest BCUT2D eigenvalue weighted by atomic mass is 19.1. The van der Waals surface area contributed by atoms with E-state index in [1.165, 1.54) is 12.1 Å². The maximum absolute atomic E-state index is 12.4. The van der Waals surface area contributed by atoms with Gasteiger partial charge in [0.15, 0.2) is 0 Å². The molecule has 0 aliphatic rings. The van der Waals surface area contributed by atoms with Gasteiger partial charge in [-0.2, -0.15) is 0 Å². The fourth-order valence-corrected chi connectivity index (χ4v) is 0.862. The minimum atomic E-state index is -0.876. The van der Waals surface area contributed by atoms with Crippen molar-refractivity contribution in [2.45, 2.75) is 13.0 Å². The molecule has 0 saturated heterocycles. The van der Waals surface area contributed by atoms with Crippen LogP contribution in [-0.2, 0) is 4.74 Å². The lowest BCUT2D eigenvalue weighted by atomic mass is 10.2. The van der Waals surface area contributed by atoms with Crippen LogP contribution in [0.25, 0.3) is 0 Å². The average Bonchev–Trinajstić information content (AvgIpc) is 2.04. The van der Waals surface area contributed by atoms with E-state index in [1.54, 1.807) is 6.92 Å². The quantitative estimate of drug-likeness (QED) is 0.754. The predicted octanol–water partition coefficient (Wildman–Crippen LogP) is 1.38. The van der Waals surface area contributed by atoms with Crippen LogP contribution in [0.5, 0.6) is 0 Å². The van der Waals surface area contributed by atoms with E-state index in [1.807, 2.05) is 0 Å². The Labute approximate surface area is 74.5 Å². The van der Waals surface area contributed by atoms with Crippen LogP contribution in [0.2, 0.25) is 0 Å². The zero-order valence-corrected chi connectivity index (χ0v) is 7.03. The molecule has 0 aliphatic heterocycles. The van der Waals surface area contributed by atoms with Gasteiger partial charge in [0, 0.05) is 0 Å². The minimum absolute atomic E-state index is 0.435. The number of hydrogen-bond donors (Lipinski definition) is 1. The number of pyridine rings is 1. The number of ether oxygens (including phenoxy) is 1. The fourth-order valence-electron chi connectivity index (χ4n) is 0.862. The summed E-state index contributed by atoms with van der Waals surface area (Å²) in [5.41, 5.74) is 5.26. The van der Waals surface area contributed by atoms with E-state index in [9.17, 15) is 9.18 Å². The zero-order chi connectivity index (χ0) is 9.84. The normalized spacial score (nSPS) is 12.2. The number of primary amides is 1. The van der Waals surface area contributed by atoms with E-state index in [2.05, 4.69) is 9.72 Å². The lowest BCUT2D eigenvalue weighted by Crippen LogP contribution is -2.16. The fraction of sp³-hybridized carbons (Fsp3) is 0.250. The third-order valence-electron chi connectivity index (χ3n) is 1.46. The number of hydrogen-bond acceptors (Lipinski definition) is 3. The molecule has 70 valence electrons. The Morgan fingerprint density at radius 3 is 2.85 bits per heavy atom. The van der Waals surface area contributed by atoms with Gasteiger partial charge in [0.1, 0.15) is 11.9 Å². The summed E-state index contributed by atoms with van der Waals surface area (Å²) in [6.07, 6.45) is -0.382. The smallest absolute Gasteiger partial charge is 0.405 e. The summed E-state index contributed by atoms with van der Waals surface area (Å²) >= 11 is 0. The number of rotatable bonds is 2. The number of carbonyl (C=O) groups excluding carboxylic acids is 1. The SMILES string of the molecule is CC(OC(N)=O)c1ccc(F)cn1. The van der Waals surface area contributed by atoms with Crippen LogP contribution in [0.15, 0.2) is 18.3 Å². The second-order valence-corrected chi connectivity index (χ2v) is 2.48.